The number of hydrogen-bond donors (Lipinski definition) is 1. The molecule has 1 rings (SSSR count). The van der Waals surface area contributed by atoms with Crippen LogP contribution in [0.25, 0.3) is 0 Å². The number of carbonyl (C=O) groups is 1. The SMILES string of the molecule is O=C(O)CCCCSCc1ccc(Cl)cc1F. The molecule has 0 saturated heterocycles. The van der Waals surface area contributed by atoms with Gasteiger partial charge in [0.1, 0.15) is 5.82 Å². The quantitative estimate of drug-likeness (QED) is 0.766. The summed E-state index contributed by atoms with van der Waals surface area (Å²) in [6.45, 7) is 0. The van der Waals surface area contributed by atoms with Crippen molar-refractivity contribution in [1.82, 2.24) is 0 Å². The van der Waals surface area contributed by atoms with Crippen molar-refractivity contribution in [2.24, 2.45) is 0 Å². The Bertz CT molecular complexity index is 385. The van der Waals surface area contributed by atoms with Crippen molar-refractivity contribution in [3.63, 3.8) is 0 Å². The van der Waals surface area contributed by atoms with E-state index in [0.29, 0.717) is 22.8 Å². The first-order valence-electron chi connectivity index (χ1n) is 5.33. The highest BCUT2D eigenvalue weighted by Crippen LogP contribution is 2.20. The number of aliphatic carboxylic acids is 1. The second-order valence-electron chi connectivity index (χ2n) is 3.64. The molecule has 0 amide bonds. The molecule has 1 aromatic rings. The van der Waals surface area contributed by atoms with E-state index in [2.05, 4.69) is 0 Å². The van der Waals surface area contributed by atoms with Gasteiger partial charge in [-0.15, -0.1) is 0 Å². The molecule has 0 fully saturated rings. The highest BCUT2D eigenvalue weighted by molar-refractivity contribution is 7.98. The molecular formula is C12H14ClFO2S. The fourth-order valence-electron chi connectivity index (χ4n) is 1.30. The average molecular weight is 277 g/mol. The summed E-state index contributed by atoms with van der Waals surface area (Å²) >= 11 is 7.25. The fraction of sp³-hybridized carbons (Fsp3) is 0.417. The lowest BCUT2D eigenvalue weighted by molar-refractivity contribution is -0.137. The van der Waals surface area contributed by atoms with Gasteiger partial charge in [-0.2, -0.15) is 11.8 Å². The van der Waals surface area contributed by atoms with E-state index in [4.69, 9.17) is 16.7 Å². The summed E-state index contributed by atoms with van der Waals surface area (Å²) in [5.74, 6) is 0.389. The van der Waals surface area contributed by atoms with Crippen LogP contribution in [0.15, 0.2) is 18.2 Å². The Labute approximate surface area is 109 Å². The molecule has 0 aromatic heterocycles. The Morgan fingerprint density at radius 1 is 1.41 bits per heavy atom. The lowest BCUT2D eigenvalue weighted by Crippen LogP contribution is -1.94. The van der Waals surface area contributed by atoms with E-state index in [1.807, 2.05) is 0 Å². The number of benzene rings is 1. The maximum Gasteiger partial charge on any atom is 0.303 e. The zero-order valence-corrected chi connectivity index (χ0v) is 10.9. The van der Waals surface area contributed by atoms with Crippen LogP contribution in [0.3, 0.4) is 0 Å². The number of carboxylic acid groups (broad SMARTS) is 1. The van der Waals surface area contributed by atoms with E-state index in [1.54, 1.807) is 23.9 Å². The topological polar surface area (TPSA) is 37.3 Å². The van der Waals surface area contributed by atoms with Gasteiger partial charge in [0, 0.05) is 17.2 Å². The van der Waals surface area contributed by atoms with Crippen molar-refractivity contribution in [3.05, 3.63) is 34.6 Å². The second-order valence-corrected chi connectivity index (χ2v) is 5.18. The lowest BCUT2D eigenvalue weighted by atomic mass is 10.2. The molecule has 0 saturated carbocycles. The van der Waals surface area contributed by atoms with Crippen molar-refractivity contribution in [3.8, 4) is 0 Å². The summed E-state index contributed by atoms with van der Waals surface area (Å²) in [7, 11) is 0. The number of rotatable bonds is 7. The van der Waals surface area contributed by atoms with Crippen molar-refractivity contribution in [2.45, 2.75) is 25.0 Å². The molecule has 1 N–H and O–H groups in total. The van der Waals surface area contributed by atoms with Gasteiger partial charge in [0.15, 0.2) is 0 Å². The zero-order chi connectivity index (χ0) is 12.7. The van der Waals surface area contributed by atoms with Crippen LogP contribution in [0, 0.1) is 5.82 Å². The largest absolute Gasteiger partial charge is 0.481 e. The summed E-state index contributed by atoms with van der Waals surface area (Å²) in [5.41, 5.74) is 0.637. The van der Waals surface area contributed by atoms with Crippen LogP contribution in [0.5, 0.6) is 0 Å². The van der Waals surface area contributed by atoms with Gasteiger partial charge in [-0.05, 0) is 36.3 Å². The number of unbranched alkanes of at least 4 members (excludes halogenated alkanes) is 1. The Balaban J connectivity index is 2.20. The Morgan fingerprint density at radius 2 is 2.18 bits per heavy atom. The number of halogens is 2. The average Bonchev–Trinajstić information content (AvgIpc) is 2.25. The van der Waals surface area contributed by atoms with Crippen LogP contribution < -0.4 is 0 Å². The van der Waals surface area contributed by atoms with Gasteiger partial charge < -0.3 is 5.11 Å². The number of thioether (sulfide) groups is 1. The predicted molar refractivity (Wildman–Crippen MR) is 69.1 cm³/mol. The summed E-state index contributed by atoms with van der Waals surface area (Å²) in [6, 6.07) is 4.66. The van der Waals surface area contributed by atoms with Gasteiger partial charge in [0.05, 0.1) is 0 Å². The number of hydrogen-bond acceptors (Lipinski definition) is 2. The summed E-state index contributed by atoms with van der Waals surface area (Å²) in [5, 5.41) is 8.84. The van der Waals surface area contributed by atoms with E-state index in [1.165, 1.54) is 6.07 Å². The van der Waals surface area contributed by atoms with E-state index in [9.17, 15) is 9.18 Å². The smallest absolute Gasteiger partial charge is 0.303 e. The molecule has 17 heavy (non-hydrogen) atoms. The Hall–Kier alpha value is -0.740. The Kier molecular flexibility index (Phi) is 6.37. The van der Waals surface area contributed by atoms with Crippen LogP contribution in [0.2, 0.25) is 5.02 Å². The first-order chi connectivity index (χ1) is 8.09. The van der Waals surface area contributed by atoms with Crippen LogP contribution >= 0.6 is 23.4 Å². The highest BCUT2D eigenvalue weighted by atomic mass is 35.5. The Morgan fingerprint density at radius 3 is 2.82 bits per heavy atom. The van der Waals surface area contributed by atoms with E-state index < -0.39 is 5.97 Å². The maximum absolute atomic E-state index is 13.4. The molecule has 0 aliphatic carbocycles. The molecule has 0 aliphatic heterocycles. The molecule has 94 valence electrons. The lowest BCUT2D eigenvalue weighted by Gasteiger charge is -2.03. The molecule has 0 radical (unpaired) electrons. The molecule has 1 aromatic carbocycles. The molecule has 0 heterocycles. The van der Waals surface area contributed by atoms with Crippen molar-refractivity contribution >= 4 is 29.3 Å². The minimum Gasteiger partial charge on any atom is -0.481 e. The normalized spacial score (nSPS) is 10.5. The van der Waals surface area contributed by atoms with Gasteiger partial charge in [0.25, 0.3) is 0 Å². The van der Waals surface area contributed by atoms with E-state index >= 15 is 0 Å². The summed E-state index contributed by atoms with van der Waals surface area (Å²) < 4.78 is 13.4. The summed E-state index contributed by atoms with van der Waals surface area (Å²) in [6.07, 6.45) is 1.72. The second kappa shape index (κ2) is 7.56. The summed E-state index contributed by atoms with van der Waals surface area (Å²) in [4.78, 5) is 10.3. The van der Waals surface area contributed by atoms with Crippen LogP contribution in [-0.2, 0) is 10.5 Å². The van der Waals surface area contributed by atoms with Crippen LogP contribution in [-0.4, -0.2) is 16.8 Å². The molecule has 0 unspecified atom stereocenters. The van der Waals surface area contributed by atoms with Crippen LogP contribution in [0.4, 0.5) is 4.39 Å². The minimum absolute atomic E-state index is 0.204. The first-order valence-corrected chi connectivity index (χ1v) is 6.86. The molecule has 5 heteroatoms. The fourth-order valence-corrected chi connectivity index (χ4v) is 2.47. The van der Waals surface area contributed by atoms with Gasteiger partial charge in [-0.1, -0.05) is 17.7 Å². The van der Waals surface area contributed by atoms with Crippen molar-refractivity contribution in [1.29, 1.82) is 0 Å². The predicted octanol–water partition coefficient (Wildman–Crippen LogP) is 3.97. The van der Waals surface area contributed by atoms with Crippen LogP contribution in [0.1, 0.15) is 24.8 Å². The molecular weight excluding hydrogens is 263 g/mol. The molecule has 2 nitrogen and oxygen atoms in total. The molecule has 0 atom stereocenters. The minimum atomic E-state index is -0.765. The molecule has 0 bridgehead atoms. The van der Waals surface area contributed by atoms with E-state index in [0.717, 1.165) is 12.2 Å². The third kappa shape index (κ3) is 5.94. The highest BCUT2D eigenvalue weighted by Gasteiger charge is 2.03. The molecule has 0 aliphatic rings. The molecule has 0 spiro atoms. The van der Waals surface area contributed by atoms with Crippen molar-refractivity contribution < 1.29 is 14.3 Å². The first kappa shape index (κ1) is 14.3. The van der Waals surface area contributed by atoms with Gasteiger partial charge in [-0.25, -0.2) is 4.39 Å². The number of carboxylic acids is 1. The van der Waals surface area contributed by atoms with Gasteiger partial charge in [-0.3, -0.25) is 4.79 Å². The van der Waals surface area contributed by atoms with Gasteiger partial charge in [0.2, 0.25) is 0 Å². The third-order valence-electron chi connectivity index (χ3n) is 2.20. The zero-order valence-electron chi connectivity index (χ0n) is 9.29. The third-order valence-corrected chi connectivity index (χ3v) is 3.53. The monoisotopic (exact) mass is 276 g/mol. The van der Waals surface area contributed by atoms with Crippen molar-refractivity contribution in [2.75, 3.05) is 5.75 Å². The maximum atomic E-state index is 13.4. The van der Waals surface area contributed by atoms with Gasteiger partial charge >= 0.3 is 5.97 Å². The standard InChI is InChI=1S/C12H14ClFO2S/c13-10-5-4-9(11(14)7-10)8-17-6-2-1-3-12(15)16/h4-5,7H,1-3,6,8H2,(H,15,16). The van der Waals surface area contributed by atoms with E-state index in [-0.39, 0.29) is 12.2 Å².